The second-order valence-corrected chi connectivity index (χ2v) is 10.2. The molecule has 0 aliphatic carbocycles. The van der Waals surface area contributed by atoms with Crippen molar-refractivity contribution in [3.63, 3.8) is 0 Å². The first kappa shape index (κ1) is 28.5. The van der Waals surface area contributed by atoms with E-state index in [1.165, 1.54) is 13.1 Å². The summed E-state index contributed by atoms with van der Waals surface area (Å²) in [6, 6.07) is 5.31. The van der Waals surface area contributed by atoms with E-state index in [-0.39, 0.29) is 35.8 Å². The molecule has 7 nitrogen and oxygen atoms in total. The molecule has 3 N–H and O–H groups in total. The molecule has 39 heavy (non-hydrogen) atoms. The molecule has 206 valence electrons. The topological polar surface area (TPSA) is 115 Å². The van der Waals surface area contributed by atoms with Crippen LogP contribution in [0.5, 0.6) is 0 Å². The SMILES string of the molecule is CC(=O)Cc1ccc(F)c(-c2nc(C(=O)Cc3cnccc3[C@H]3C[C@@H](N)[C@H](O)[C@@H](C(C)C)O3)ccc2F)c1F. The highest BCUT2D eigenvalue weighted by atomic mass is 19.1. The maximum absolute atomic E-state index is 15.1. The lowest BCUT2D eigenvalue weighted by molar-refractivity contribution is -0.145. The summed E-state index contributed by atoms with van der Waals surface area (Å²) in [5.41, 5.74) is 5.66. The van der Waals surface area contributed by atoms with E-state index >= 15 is 4.39 Å². The molecule has 0 amide bonds. The number of aliphatic hydroxyl groups is 1. The number of aliphatic hydroxyl groups excluding tert-OH is 1. The number of ether oxygens (including phenoxy) is 1. The van der Waals surface area contributed by atoms with Gasteiger partial charge in [-0.1, -0.05) is 19.9 Å². The quantitative estimate of drug-likeness (QED) is 0.409. The number of carbonyl (C=O) groups is 2. The van der Waals surface area contributed by atoms with Crippen molar-refractivity contribution < 1.29 is 32.6 Å². The molecule has 1 aromatic carbocycles. The molecule has 0 unspecified atom stereocenters. The van der Waals surface area contributed by atoms with Crippen LogP contribution in [0.15, 0.2) is 42.7 Å². The Morgan fingerprint density at radius 1 is 1.08 bits per heavy atom. The van der Waals surface area contributed by atoms with Gasteiger partial charge in [0.05, 0.1) is 23.9 Å². The number of benzene rings is 1. The van der Waals surface area contributed by atoms with Gasteiger partial charge in [-0.25, -0.2) is 18.2 Å². The summed E-state index contributed by atoms with van der Waals surface area (Å²) in [6.45, 7) is 5.09. The summed E-state index contributed by atoms with van der Waals surface area (Å²) in [5.74, 6) is -4.09. The van der Waals surface area contributed by atoms with Crippen LogP contribution < -0.4 is 5.73 Å². The van der Waals surface area contributed by atoms with E-state index in [0.29, 0.717) is 17.5 Å². The van der Waals surface area contributed by atoms with Gasteiger partial charge < -0.3 is 15.6 Å². The molecule has 0 spiro atoms. The molecule has 0 bridgehead atoms. The number of hydrogen-bond acceptors (Lipinski definition) is 7. The van der Waals surface area contributed by atoms with Crippen molar-refractivity contribution in [1.82, 2.24) is 9.97 Å². The number of nitrogens with zero attached hydrogens (tertiary/aromatic N) is 2. The Bertz CT molecular complexity index is 1400. The molecule has 0 radical (unpaired) electrons. The summed E-state index contributed by atoms with van der Waals surface area (Å²) < 4.78 is 50.7. The minimum atomic E-state index is -1.11. The van der Waals surface area contributed by atoms with Crippen molar-refractivity contribution in [2.45, 2.75) is 64.4 Å². The van der Waals surface area contributed by atoms with Gasteiger partial charge in [-0.3, -0.25) is 14.6 Å². The van der Waals surface area contributed by atoms with Crippen LogP contribution in [0.25, 0.3) is 11.3 Å². The third-order valence-electron chi connectivity index (χ3n) is 6.86. The fourth-order valence-corrected chi connectivity index (χ4v) is 4.86. The van der Waals surface area contributed by atoms with Crippen molar-refractivity contribution in [3.8, 4) is 11.3 Å². The Balaban J connectivity index is 1.65. The van der Waals surface area contributed by atoms with Crippen LogP contribution in [0.3, 0.4) is 0 Å². The predicted octanol–water partition coefficient (Wildman–Crippen LogP) is 4.29. The molecule has 3 aromatic rings. The van der Waals surface area contributed by atoms with Crippen LogP contribution >= 0.6 is 0 Å². The van der Waals surface area contributed by atoms with E-state index in [1.807, 2.05) is 13.8 Å². The lowest BCUT2D eigenvalue weighted by atomic mass is 9.86. The molecular weight excluding hydrogens is 511 g/mol. The standard InChI is InChI=1S/C29H30F3N3O4/c1-14(2)29-28(38)21(33)12-24(39-29)18-8-9-34-13-17(18)11-23(37)22-7-6-20(31)27(35-22)25-19(30)5-4-16(26(25)32)10-15(3)36/h4-9,13-14,21,24,28-29,38H,10-12,33H2,1-3H3/t21-,24-,28+,29-/m1/s1. The van der Waals surface area contributed by atoms with Crippen molar-refractivity contribution in [1.29, 1.82) is 0 Å². The Hall–Kier alpha value is -3.47. The van der Waals surface area contributed by atoms with Gasteiger partial charge in [0.15, 0.2) is 5.78 Å². The summed E-state index contributed by atoms with van der Waals surface area (Å²) >= 11 is 0. The van der Waals surface area contributed by atoms with Gasteiger partial charge in [0.1, 0.15) is 34.6 Å². The van der Waals surface area contributed by atoms with Crippen LogP contribution in [-0.4, -0.2) is 44.9 Å². The molecule has 0 saturated carbocycles. The van der Waals surface area contributed by atoms with E-state index in [9.17, 15) is 23.5 Å². The van der Waals surface area contributed by atoms with Gasteiger partial charge in [-0.2, -0.15) is 0 Å². The molecule has 2 aromatic heterocycles. The van der Waals surface area contributed by atoms with E-state index < -0.39 is 58.8 Å². The number of pyridine rings is 2. The van der Waals surface area contributed by atoms with Gasteiger partial charge >= 0.3 is 0 Å². The average molecular weight is 542 g/mol. The maximum Gasteiger partial charge on any atom is 0.185 e. The average Bonchev–Trinajstić information content (AvgIpc) is 2.88. The van der Waals surface area contributed by atoms with Crippen molar-refractivity contribution in [2.24, 2.45) is 11.7 Å². The molecule has 4 atom stereocenters. The Morgan fingerprint density at radius 2 is 1.79 bits per heavy atom. The van der Waals surface area contributed by atoms with Gasteiger partial charge in [0.25, 0.3) is 0 Å². The number of hydrogen-bond donors (Lipinski definition) is 2. The first-order valence-electron chi connectivity index (χ1n) is 12.7. The molecule has 1 aliphatic rings. The van der Waals surface area contributed by atoms with Crippen LogP contribution in [0.4, 0.5) is 13.2 Å². The second kappa shape index (κ2) is 11.7. The molecule has 1 saturated heterocycles. The van der Waals surface area contributed by atoms with Gasteiger partial charge in [0.2, 0.25) is 0 Å². The molecule has 1 fully saturated rings. The Labute approximate surface area is 224 Å². The molecule has 10 heteroatoms. The third kappa shape index (κ3) is 6.08. The second-order valence-electron chi connectivity index (χ2n) is 10.2. The van der Waals surface area contributed by atoms with E-state index in [4.69, 9.17) is 10.5 Å². The highest BCUT2D eigenvalue weighted by molar-refractivity contribution is 5.96. The molecule has 4 rings (SSSR count). The van der Waals surface area contributed by atoms with E-state index in [0.717, 1.165) is 24.3 Å². The first-order valence-corrected chi connectivity index (χ1v) is 12.7. The molecule has 1 aliphatic heterocycles. The largest absolute Gasteiger partial charge is 0.389 e. The minimum absolute atomic E-state index is 0.00246. The lowest BCUT2D eigenvalue weighted by Crippen LogP contribution is -2.52. The zero-order chi connectivity index (χ0) is 28.4. The number of halogens is 3. The monoisotopic (exact) mass is 541 g/mol. The zero-order valence-corrected chi connectivity index (χ0v) is 21.8. The van der Waals surface area contributed by atoms with Crippen molar-refractivity contribution in [2.75, 3.05) is 0 Å². The Morgan fingerprint density at radius 3 is 2.49 bits per heavy atom. The highest BCUT2D eigenvalue weighted by Gasteiger charge is 2.38. The lowest BCUT2D eigenvalue weighted by Gasteiger charge is -2.40. The van der Waals surface area contributed by atoms with E-state index in [2.05, 4.69) is 9.97 Å². The van der Waals surface area contributed by atoms with Gasteiger partial charge in [-0.15, -0.1) is 0 Å². The summed E-state index contributed by atoms with van der Waals surface area (Å²) in [7, 11) is 0. The number of nitrogens with two attached hydrogens (primary N) is 1. The molecular formula is C29H30F3N3O4. The number of Topliss-reactive ketones (excluding diaryl/α,β-unsaturated/α-hetero) is 2. The number of rotatable bonds is 8. The van der Waals surface area contributed by atoms with Crippen LogP contribution in [0.2, 0.25) is 0 Å². The minimum Gasteiger partial charge on any atom is -0.389 e. The van der Waals surface area contributed by atoms with Crippen molar-refractivity contribution >= 4 is 11.6 Å². The summed E-state index contributed by atoms with van der Waals surface area (Å²) in [6.07, 6.45) is 1.07. The van der Waals surface area contributed by atoms with Crippen molar-refractivity contribution in [3.05, 3.63) is 82.6 Å². The number of aromatic nitrogens is 2. The zero-order valence-electron chi connectivity index (χ0n) is 21.8. The van der Waals surface area contributed by atoms with Crippen LogP contribution in [0.1, 0.15) is 60.5 Å². The summed E-state index contributed by atoms with van der Waals surface area (Å²) in [5, 5.41) is 10.5. The maximum atomic E-state index is 15.1. The van der Waals surface area contributed by atoms with Crippen LogP contribution in [-0.2, 0) is 22.4 Å². The highest BCUT2D eigenvalue weighted by Crippen LogP contribution is 2.35. The summed E-state index contributed by atoms with van der Waals surface area (Å²) in [4.78, 5) is 32.8. The molecule has 3 heterocycles. The smallest absolute Gasteiger partial charge is 0.185 e. The predicted molar refractivity (Wildman–Crippen MR) is 137 cm³/mol. The van der Waals surface area contributed by atoms with Crippen LogP contribution in [0, 0.1) is 23.4 Å². The normalized spacial score (nSPS) is 21.3. The number of ketones is 2. The number of carbonyl (C=O) groups excluding carboxylic acids is 2. The fraction of sp³-hybridized carbons (Fsp3) is 0.379. The Kier molecular flexibility index (Phi) is 8.58. The fourth-order valence-electron chi connectivity index (χ4n) is 4.86. The first-order chi connectivity index (χ1) is 18.5. The van der Waals surface area contributed by atoms with E-state index in [1.54, 1.807) is 12.3 Å². The van der Waals surface area contributed by atoms with Gasteiger partial charge in [0, 0.05) is 31.3 Å². The van der Waals surface area contributed by atoms with Gasteiger partial charge in [-0.05, 0) is 60.2 Å². The third-order valence-corrected chi connectivity index (χ3v) is 6.86.